The second-order valence-electron chi connectivity index (χ2n) is 6.86. The van der Waals surface area contributed by atoms with Crippen molar-refractivity contribution < 1.29 is 0 Å². The average molecular weight is 364 g/mol. The quantitative estimate of drug-likeness (QED) is 0.346. The van der Waals surface area contributed by atoms with Crippen LogP contribution in [0.1, 0.15) is 0 Å². The van der Waals surface area contributed by atoms with Gasteiger partial charge in [0.1, 0.15) is 0 Å². The van der Waals surface area contributed by atoms with E-state index in [9.17, 15) is 0 Å². The highest BCUT2D eigenvalue weighted by Gasteiger charge is 2.18. The Bertz CT molecular complexity index is 1270. The molecule has 0 atom stereocenters. The van der Waals surface area contributed by atoms with E-state index >= 15 is 0 Å². The van der Waals surface area contributed by atoms with Crippen LogP contribution in [0.4, 0.5) is 28.4 Å². The van der Waals surface area contributed by atoms with Crippen LogP contribution in [0.3, 0.4) is 0 Å². The summed E-state index contributed by atoms with van der Waals surface area (Å²) in [6.07, 6.45) is 0. The van der Waals surface area contributed by atoms with Crippen LogP contribution in [0, 0.1) is 0 Å². The lowest BCUT2D eigenvalue weighted by molar-refractivity contribution is 1.29. The van der Waals surface area contributed by atoms with Crippen molar-refractivity contribution in [3.63, 3.8) is 0 Å². The van der Waals surface area contributed by atoms with Gasteiger partial charge in [-0.3, -0.25) is 0 Å². The number of nitrogens with two attached hydrogens (primary N) is 2. The van der Waals surface area contributed by atoms with Crippen molar-refractivity contribution in [2.24, 2.45) is 0 Å². The highest BCUT2D eigenvalue weighted by atomic mass is 15.1. The van der Waals surface area contributed by atoms with Crippen LogP contribution in [0.2, 0.25) is 0 Å². The normalized spacial score (nSPS) is 11.1. The van der Waals surface area contributed by atoms with Gasteiger partial charge in [0, 0.05) is 39.0 Å². The Labute approximate surface area is 163 Å². The standard InChI is InChI=1S/C24H20N4/c25-16-10-12-18(13-11-16)28(17-6-2-1-3-7-17)22-15-14-20(26)23-19-8-4-5-9-21(19)27-24(22)23/h1-15,27H,25-26H2. The molecule has 0 amide bonds. The average Bonchev–Trinajstić information content (AvgIpc) is 3.13. The van der Waals surface area contributed by atoms with Crippen LogP contribution in [-0.2, 0) is 0 Å². The molecule has 5 aromatic rings. The molecule has 5 N–H and O–H groups in total. The van der Waals surface area contributed by atoms with Gasteiger partial charge in [0.25, 0.3) is 0 Å². The highest BCUT2D eigenvalue weighted by molar-refractivity contribution is 6.17. The van der Waals surface area contributed by atoms with E-state index in [0.717, 1.165) is 50.2 Å². The lowest BCUT2D eigenvalue weighted by Crippen LogP contribution is -2.10. The number of hydrogen-bond donors (Lipinski definition) is 3. The molecule has 4 heteroatoms. The molecule has 1 heterocycles. The van der Waals surface area contributed by atoms with Gasteiger partial charge in [0.2, 0.25) is 0 Å². The monoisotopic (exact) mass is 364 g/mol. The summed E-state index contributed by atoms with van der Waals surface area (Å²) >= 11 is 0. The number of aromatic nitrogens is 1. The summed E-state index contributed by atoms with van der Waals surface area (Å²) in [6, 6.07) is 30.5. The number of benzene rings is 4. The van der Waals surface area contributed by atoms with Gasteiger partial charge in [-0.25, -0.2) is 0 Å². The maximum absolute atomic E-state index is 6.38. The van der Waals surface area contributed by atoms with Gasteiger partial charge in [-0.05, 0) is 54.6 Å². The molecule has 0 aliphatic rings. The number of H-pyrrole nitrogens is 1. The third-order valence-electron chi connectivity index (χ3n) is 5.08. The Morgan fingerprint density at radius 3 is 2.11 bits per heavy atom. The molecule has 5 rings (SSSR count). The van der Waals surface area contributed by atoms with Gasteiger partial charge < -0.3 is 21.4 Å². The molecule has 0 fully saturated rings. The Hall–Kier alpha value is -3.92. The topological polar surface area (TPSA) is 71.1 Å². The van der Waals surface area contributed by atoms with Crippen molar-refractivity contribution in [2.45, 2.75) is 0 Å². The number of nitrogens with one attached hydrogen (secondary N) is 1. The molecule has 0 unspecified atom stereocenters. The first-order chi connectivity index (χ1) is 13.7. The Morgan fingerprint density at radius 2 is 1.32 bits per heavy atom. The summed E-state index contributed by atoms with van der Waals surface area (Å²) < 4.78 is 0. The minimum Gasteiger partial charge on any atom is -0.399 e. The molecule has 28 heavy (non-hydrogen) atoms. The Balaban J connectivity index is 1.83. The first-order valence-corrected chi connectivity index (χ1v) is 9.22. The minimum absolute atomic E-state index is 0.741. The van der Waals surface area contributed by atoms with Crippen molar-refractivity contribution in [3.8, 4) is 0 Å². The molecule has 0 aliphatic carbocycles. The first-order valence-electron chi connectivity index (χ1n) is 9.22. The Kier molecular flexibility index (Phi) is 3.69. The van der Waals surface area contributed by atoms with Gasteiger partial charge >= 0.3 is 0 Å². The van der Waals surface area contributed by atoms with E-state index in [2.05, 4.69) is 40.2 Å². The van der Waals surface area contributed by atoms with Crippen molar-refractivity contribution in [2.75, 3.05) is 16.4 Å². The van der Waals surface area contributed by atoms with Crippen molar-refractivity contribution in [1.29, 1.82) is 0 Å². The molecule has 0 saturated carbocycles. The summed E-state index contributed by atoms with van der Waals surface area (Å²) in [5, 5.41) is 2.17. The first kappa shape index (κ1) is 16.3. The predicted octanol–water partition coefficient (Wildman–Crippen LogP) is 5.96. The molecular formula is C24H20N4. The number of fused-ring (bicyclic) bond motifs is 3. The maximum Gasteiger partial charge on any atom is 0.0730 e. The number of hydrogen-bond acceptors (Lipinski definition) is 3. The molecule has 0 spiro atoms. The van der Waals surface area contributed by atoms with E-state index in [1.807, 2.05) is 60.7 Å². The summed E-state index contributed by atoms with van der Waals surface area (Å²) in [7, 11) is 0. The fraction of sp³-hybridized carbons (Fsp3) is 0. The lowest BCUT2D eigenvalue weighted by Gasteiger charge is -2.26. The van der Waals surface area contributed by atoms with Gasteiger partial charge in [0.15, 0.2) is 0 Å². The van der Waals surface area contributed by atoms with Crippen LogP contribution in [-0.4, -0.2) is 4.98 Å². The second kappa shape index (κ2) is 6.35. The summed E-state index contributed by atoms with van der Waals surface area (Å²) in [4.78, 5) is 5.79. The zero-order valence-corrected chi connectivity index (χ0v) is 15.3. The molecule has 4 nitrogen and oxygen atoms in total. The molecule has 1 aromatic heterocycles. The zero-order chi connectivity index (χ0) is 19.1. The van der Waals surface area contributed by atoms with Crippen molar-refractivity contribution in [3.05, 3.63) is 91.0 Å². The lowest BCUT2D eigenvalue weighted by atomic mass is 10.1. The largest absolute Gasteiger partial charge is 0.399 e. The number of para-hydroxylation sites is 2. The van der Waals surface area contributed by atoms with E-state index < -0.39 is 0 Å². The van der Waals surface area contributed by atoms with Crippen LogP contribution in [0.25, 0.3) is 21.8 Å². The number of anilines is 5. The second-order valence-corrected chi connectivity index (χ2v) is 6.86. The SMILES string of the molecule is Nc1ccc(N(c2ccccc2)c2ccc(N)c3c2[nH]c2ccccc23)cc1. The van der Waals surface area contributed by atoms with Crippen LogP contribution >= 0.6 is 0 Å². The van der Waals surface area contributed by atoms with Crippen molar-refractivity contribution in [1.82, 2.24) is 4.98 Å². The van der Waals surface area contributed by atoms with E-state index in [1.165, 1.54) is 0 Å². The van der Waals surface area contributed by atoms with E-state index in [1.54, 1.807) is 0 Å². The third-order valence-corrected chi connectivity index (χ3v) is 5.08. The molecule has 0 aliphatic heterocycles. The van der Waals surface area contributed by atoms with Gasteiger partial charge in [-0.2, -0.15) is 0 Å². The van der Waals surface area contributed by atoms with Gasteiger partial charge in [-0.1, -0.05) is 36.4 Å². The fourth-order valence-electron chi connectivity index (χ4n) is 3.78. The molecule has 136 valence electrons. The maximum atomic E-state index is 6.38. The Morgan fingerprint density at radius 1 is 0.643 bits per heavy atom. The predicted molar refractivity (Wildman–Crippen MR) is 119 cm³/mol. The molecule has 4 aromatic carbocycles. The fourth-order valence-corrected chi connectivity index (χ4v) is 3.78. The molecule has 0 saturated heterocycles. The number of nitrogen functional groups attached to an aromatic ring is 2. The summed E-state index contributed by atoms with van der Waals surface area (Å²) in [5.74, 6) is 0. The third kappa shape index (κ3) is 2.55. The summed E-state index contributed by atoms with van der Waals surface area (Å²) in [5.41, 5.74) is 19.0. The number of nitrogens with zero attached hydrogens (tertiary/aromatic N) is 1. The van der Waals surface area contributed by atoms with E-state index in [4.69, 9.17) is 11.5 Å². The van der Waals surface area contributed by atoms with Crippen LogP contribution < -0.4 is 16.4 Å². The van der Waals surface area contributed by atoms with Crippen LogP contribution in [0.15, 0.2) is 91.0 Å². The summed E-state index contributed by atoms with van der Waals surface area (Å²) in [6.45, 7) is 0. The highest BCUT2D eigenvalue weighted by Crippen LogP contribution is 2.42. The van der Waals surface area contributed by atoms with Crippen molar-refractivity contribution >= 4 is 50.2 Å². The van der Waals surface area contributed by atoms with Crippen LogP contribution in [0.5, 0.6) is 0 Å². The van der Waals surface area contributed by atoms with Gasteiger partial charge in [-0.15, -0.1) is 0 Å². The number of aromatic amines is 1. The van der Waals surface area contributed by atoms with E-state index in [-0.39, 0.29) is 0 Å². The molecular weight excluding hydrogens is 344 g/mol. The minimum atomic E-state index is 0.741. The number of rotatable bonds is 3. The molecule has 0 bridgehead atoms. The van der Waals surface area contributed by atoms with E-state index in [0.29, 0.717) is 0 Å². The molecule has 0 radical (unpaired) electrons. The smallest absolute Gasteiger partial charge is 0.0730 e. The zero-order valence-electron chi connectivity index (χ0n) is 15.3. The van der Waals surface area contributed by atoms with Gasteiger partial charge in [0.05, 0.1) is 11.2 Å².